The van der Waals surface area contributed by atoms with Crippen LogP contribution in [-0.4, -0.2) is 56.0 Å². The van der Waals surface area contributed by atoms with E-state index in [9.17, 15) is 4.79 Å². The molecule has 1 amide bonds. The van der Waals surface area contributed by atoms with E-state index in [4.69, 9.17) is 11.6 Å². The number of nitrogens with one attached hydrogen (secondary N) is 3. The van der Waals surface area contributed by atoms with Crippen molar-refractivity contribution in [2.24, 2.45) is 4.99 Å². The third-order valence-corrected chi connectivity index (χ3v) is 5.29. The summed E-state index contributed by atoms with van der Waals surface area (Å²) in [5.41, 5.74) is 1.64. The minimum atomic E-state index is -0.0452. The van der Waals surface area contributed by atoms with Crippen molar-refractivity contribution in [3.63, 3.8) is 0 Å². The summed E-state index contributed by atoms with van der Waals surface area (Å²) in [7, 11) is 1.76. The molecule has 6 nitrogen and oxygen atoms in total. The lowest BCUT2D eigenvalue weighted by Crippen LogP contribution is -2.49. The first-order valence-electron chi connectivity index (χ1n) is 9.78. The Morgan fingerprint density at radius 1 is 1.32 bits per heavy atom. The van der Waals surface area contributed by atoms with Crippen LogP contribution in [0.3, 0.4) is 0 Å². The molecule has 0 aliphatic carbocycles. The third-order valence-electron chi connectivity index (χ3n) is 4.88. The van der Waals surface area contributed by atoms with Gasteiger partial charge in [-0.25, -0.2) is 0 Å². The minimum absolute atomic E-state index is 0. The number of nitrogens with zero attached hydrogens (tertiary/aromatic N) is 2. The second-order valence-electron chi connectivity index (χ2n) is 6.97. The molecule has 3 N–H and O–H groups in total. The van der Waals surface area contributed by atoms with Gasteiger partial charge >= 0.3 is 0 Å². The molecule has 0 spiro atoms. The molecular formula is C20H33ClIN5O. The highest BCUT2D eigenvalue weighted by atomic mass is 127. The average Bonchev–Trinajstić information content (AvgIpc) is 2.66. The molecule has 0 radical (unpaired) electrons. The average molecular weight is 522 g/mol. The van der Waals surface area contributed by atoms with Crippen molar-refractivity contribution in [3.05, 3.63) is 28.8 Å². The number of aliphatic imine (C=N–C) groups is 1. The van der Waals surface area contributed by atoms with Crippen molar-refractivity contribution in [2.75, 3.05) is 38.5 Å². The second-order valence-corrected chi connectivity index (χ2v) is 7.38. The second kappa shape index (κ2) is 13.2. The van der Waals surface area contributed by atoms with Crippen LogP contribution < -0.4 is 16.0 Å². The first kappa shape index (κ1) is 25.0. The fourth-order valence-corrected chi connectivity index (χ4v) is 3.43. The Morgan fingerprint density at radius 3 is 2.68 bits per heavy atom. The molecule has 0 saturated carbocycles. The molecule has 2 rings (SSSR count). The topological polar surface area (TPSA) is 68.8 Å². The number of hydrogen-bond donors (Lipinski definition) is 3. The Morgan fingerprint density at radius 2 is 2.04 bits per heavy atom. The number of likely N-dealkylation sites (tertiary alicyclic amines) is 1. The van der Waals surface area contributed by atoms with Crippen LogP contribution in [0.15, 0.2) is 23.2 Å². The van der Waals surface area contributed by atoms with Crippen molar-refractivity contribution < 1.29 is 4.79 Å². The summed E-state index contributed by atoms with van der Waals surface area (Å²) in [6, 6.07) is 5.95. The lowest BCUT2D eigenvalue weighted by molar-refractivity contribution is -0.116. The number of carbonyl (C=O) groups excluding carboxylic acids is 1. The summed E-state index contributed by atoms with van der Waals surface area (Å²) >= 11 is 6.09. The summed E-state index contributed by atoms with van der Waals surface area (Å²) in [5, 5.41) is 10.3. The zero-order valence-electron chi connectivity index (χ0n) is 17.1. The number of halogens is 2. The largest absolute Gasteiger partial charge is 0.356 e. The quantitative estimate of drug-likeness (QED) is 0.291. The Labute approximate surface area is 190 Å². The van der Waals surface area contributed by atoms with Crippen LogP contribution in [0.5, 0.6) is 0 Å². The predicted molar refractivity (Wildman–Crippen MR) is 129 cm³/mol. The van der Waals surface area contributed by atoms with E-state index in [-0.39, 0.29) is 29.9 Å². The van der Waals surface area contributed by atoms with Gasteiger partial charge in [0.1, 0.15) is 0 Å². The standard InChI is InChI=1S/C20H32ClN5O.HI/c1-4-12-26-13-9-16(10-14-26)24-20(22-3)23-11-8-19(27)25-18-7-5-6-17(21)15(18)2;/h5-7,16H,4,8-14H2,1-3H3,(H,25,27)(H2,22,23,24);1H. The smallest absolute Gasteiger partial charge is 0.226 e. The van der Waals surface area contributed by atoms with Gasteiger partial charge in [0.25, 0.3) is 0 Å². The fourth-order valence-electron chi connectivity index (χ4n) is 3.26. The van der Waals surface area contributed by atoms with Crippen LogP contribution >= 0.6 is 35.6 Å². The summed E-state index contributed by atoms with van der Waals surface area (Å²) in [4.78, 5) is 19.0. The van der Waals surface area contributed by atoms with E-state index in [0.717, 1.165) is 43.1 Å². The molecular weight excluding hydrogens is 489 g/mol. The number of carbonyl (C=O) groups is 1. The number of benzene rings is 1. The van der Waals surface area contributed by atoms with Gasteiger partial charge in [-0.05, 0) is 50.4 Å². The van der Waals surface area contributed by atoms with E-state index in [2.05, 4.69) is 32.8 Å². The van der Waals surface area contributed by atoms with Crippen molar-refractivity contribution >= 4 is 53.1 Å². The van der Waals surface area contributed by atoms with Gasteiger partial charge < -0.3 is 20.9 Å². The molecule has 1 aromatic carbocycles. The van der Waals surface area contributed by atoms with E-state index >= 15 is 0 Å². The van der Waals surface area contributed by atoms with Crippen LogP contribution in [0.2, 0.25) is 5.02 Å². The van der Waals surface area contributed by atoms with Gasteiger partial charge in [0.2, 0.25) is 5.91 Å². The van der Waals surface area contributed by atoms with E-state index in [1.165, 1.54) is 13.0 Å². The predicted octanol–water partition coefficient (Wildman–Crippen LogP) is 3.63. The van der Waals surface area contributed by atoms with E-state index in [0.29, 0.717) is 24.0 Å². The Kier molecular flexibility index (Phi) is 11.8. The first-order valence-corrected chi connectivity index (χ1v) is 10.2. The molecule has 1 fully saturated rings. The number of hydrogen-bond acceptors (Lipinski definition) is 3. The number of piperidine rings is 1. The molecule has 1 aliphatic heterocycles. The van der Waals surface area contributed by atoms with E-state index in [1.54, 1.807) is 7.05 Å². The van der Waals surface area contributed by atoms with Crippen LogP contribution in [-0.2, 0) is 4.79 Å². The van der Waals surface area contributed by atoms with Gasteiger partial charge in [0, 0.05) is 49.9 Å². The van der Waals surface area contributed by atoms with E-state index in [1.807, 2.05) is 25.1 Å². The monoisotopic (exact) mass is 521 g/mol. The Balaban J connectivity index is 0.00000392. The van der Waals surface area contributed by atoms with Gasteiger partial charge in [-0.3, -0.25) is 9.79 Å². The Bertz CT molecular complexity index is 647. The van der Waals surface area contributed by atoms with Gasteiger partial charge in [-0.2, -0.15) is 0 Å². The molecule has 0 unspecified atom stereocenters. The van der Waals surface area contributed by atoms with Crippen LogP contribution in [0.1, 0.15) is 38.2 Å². The van der Waals surface area contributed by atoms with Crippen molar-refractivity contribution in [3.8, 4) is 0 Å². The lowest BCUT2D eigenvalue weighted by Gasteiger charge is -2.32. The minimum Gasteiger partial charge on any atom is -0.356 e. The summed E-state index contributed by atoms with van der Waals surface area (Å²) in [6.45, 7) is 8.09. The normalized spacial score (nSPS) is 15.6. The highest BCUT2D eigenvalue weighted by Gasteiger charge is 2.19. The molecule has 1 aliphatic rings. The maximum absolute atomic E-state index is 12.2. The van der Waals surface area contributed by atoms with Gasteiger partial charge in [0.15, 0.2) is 5.96 Å². The van der Waals surface area contributed by atoms with Gasteiger partial charge in [-0.1, -0.05) is 24.6 Å². The summed E-state index contributed by atoms with van der Waals surface area (Å²) in [6.07, 6.45) is 3.81. The SMILES string of the molecule is CCCN1CCC(NC(=NC)NCCC(=O)Nc2cccc(Cl)c2C)CC1.I. The maximum Gasteiger partial charge on any atom is 0.226 e. The number of amides is 1. The van der Waals surface area contributed by atoms with Crippen LogP contribution in [0, 0.1) is 6.92 Å². The van der Waals surface area contributed by atoms with Gasteiger partial charge in [0.05, 0.1) is 0 Å². The summed E-state index contributed by atoms with van der Waals surface area (Å²) in [5.74, 6) is 0.715. The zero-order chi connectivity index (χ0) is 19.6. The lowest BCUT2D eigenvalue weighted by atomic mass is 10.1. The van der Waals surface area contributed by atoms with Crippen molar-refractivity contribution in [1.29, 1.82) is 0 Å². The third kappa shape index (κ3) is 8.13. The number of rotatable bonds is 7. The molecule has 0 atom stereocenters. The zero-order valence-corrected chi connectivity index (χ0v) is 20.1. The Hall–Kier alpha value is -1.06. The molecule has 8 heteroatoms. The number of guanidine groups is 1. The van der Waals surface area contributed by atoms with Crippen molar-refractivity contribution in [2.45, 2.75) is 45.6 Å². The molecule has 0 aromatic heterocycles. The molecule has 1 heterocycles. The van der Waals surface area contributed by atoms with Crippen molar-refractivity contribution in [1.82, 2.24) is 15.5 Å². The van der Waals surface area contributed by atoms with E-state index < -0.39 is 0 Å². The highest BCUT2D eigenvalue weighted by molar-refractivity contribution is 14.0. The number of anilines is 1. The van der Waals surface area contributed by atoms with Gasteiger partial charge in [-0.15, -0.1) is 24.0 Å². The first-order chi connectivity index (χ1) is 13.0. The maximum atomic E-state index is 12.2. The highest BCUT2D eigenvalue weighted by Crippen LogP contribution is 2.22. The molecule has 28 heavy (non-hydrogen) atoms. The van der Waals surface area contributed by atoms with Crippen LogP contribution in [0.25, 0.3) is 0 Å². The molecule has 0 bridgehead atoms. The summed E-state index contributed by atoms with van der Waals surface area (Å²) < 4.78 is 0. The molecule has 1 saturated heterocycles. The molecule has 158 valence electrons. The van der Waals surface area contributed by atoms with Crippen LogP contribution in [0.4, 0.5) is 5.69 Å². The fraction of sp³-hybridized carbons (Fsp3) is 0.600. The molecule has 1 aromatic rings.